The topological polar surface area (TPSA) is 21.6 Å². The number of thioether (sulfide) groups is 1. The first-order valence-corrected chi connectivity index (χ1v) is 3.61. The zero-order valence-electron chi connectivity index (χ0n) is 5.76. The van der Waals surface area contributed by atoms with E-state index in [1.807, 2.05) is 13.0 Å². The fraction of sp³-hybridized carbons (Fsp3) is 0.500. The molecule has 0 atom stereocenters. The number of nitrogens with zero attached hydrogens (tertiary/aromatic N) is 1. The van der Waals surface area contributed by atoms with Gasteiger partial charge >= 0.3 is 0 Å². The molecule has 2 nitrogen and oxygen atoms in total. The van der Waals surface area contributed by atoms with E-state index in [0.29, 0.717) is 0 Å². The largest absolute Gasteiger partial charge is 0.399 e. The maximum absolute atomic E-state index is 4.53. The third-order valence-corrected chi connectivity index (χ3v) is 1.52. The quantitative estimate of drug-likeness (QED) is 0.262. The number of hydrogen-bond acceptors (Lipinski definition) is 3. The van der Waals surface area contributed by atoms with E-state index >= 15 is 0 Å². The van der Waals surface area contributed by atoms with Crippen molar-refractivity contribution < 1.29 is 4.84 Å². The van der Waals surface area contributed by atoms with Gasteiger partial charge in [-0.3, -0.25) is 0 Å². The fourth-order valence-electron chi connectivity index (χ4n) is 0.334. The molecule has 0 aromatic heterocycles. The Bertz CT molecular complexity index is 112. The van der Waals surface area contributed by atoms with Crippen molar-refractivity contribution in [1.29, 1.82) is 0 Å². The van der Waals surface area contributed by atoms with Gasteiger partial charge < -0.3 is 4.84 Å². The lowest BCUT2D eigenvalue weighted by Gasteiger charge is -1.93. The molecule has 9 heavy (non-hydrogen) atoms. The highest BCUT2D eigenvalue weighted by Gasteiger charge is 1.87. The van der Waals surface area contributed by atoms with Gasteiger partial charge in [-0.25, -0.2) is 0 Å². The van der Waals surface area contributed by atoms with Gasteiger partial charge in [-0.15, -0.1) is 18.3 Å². The lowest BCUT2D eigenvalue weighted by Crippen LogP contribution is -1.85. The average molecular weight is 145 g/mol. The minimum Gasteiger partial charge on any atom is -0.399 e. The highest BCUT2D eigenvalue weighted by Crippen LogP contribution is 2.02. The lowest BCUT2D eigenvalue weighted by atomic mass is 10.8. The van der Waals surface area contributed by atoms with Crippen LogP contribution in [-0.2, 0) is 4.84 Å². The van der Waals surface area contributed by atoms with Crippen molar-refractivity contribution in [2.24, 2.45) is 5.16 Å². The Morgan fingerprint density at radius 3 is 3.00 bits per heavy atom. The molecule has 52 valence electrons. The van der Waals surface area contributed by atoms with Crippen LogP contribution in [0.25, 0.3) is 0 Å². The number of rotatable bonds is 3. The number of hydrogen-bond donors (Lipinski definition) is 0. The van der Waals surface area contributed by atoms with Crippen molar-refractivity contribution in [3.05, 3.63) is 12.7 Å². The second kappa shape index (κ2) is 5.69. The Morgan fingerprint density at radius 1 is 1.89 bits per heavy atom. The van der Waals surface area contributed by atoms with Crippen molar-refractivity contribution >= 4 is 16.8 Å². The van der Waals surface area contributed by atoms with Gasteiger partial charge in [0.2, 0.25) is 0 Å². The molecule has 0 aliphatic heterocycles. The van der Waals surface area contributed by atoms with Gasteiger partial charge in [-0.05, 0) is 6.92 Å². The molecule has 0 heterocycles. The van der Waals surface area contributed by atoms with E-state index in [-0.39, 0.29) is 0 Å². The van der Waals surface area contributed by atoms with Crippen LogP contribution < -0.4 is 0 Å². The summed E-state index contributed by atoms with van der Waals surface area (Å²) in [4.78, 5) is 4.53. The van der Waals surface area contributed by atoms with Gasteiger partial charge in [0.1, 0.15) is 12.2 Å². The van der Waals surface area contributed by atoms with E-state index in [1.165, 1.54) is 7.11 Å². The molecule has 0 aliphatic carbocycles. The summed E-state index contributed by atoms with van der Waals surface area (Å²) in [5.74, 6) is 0.888. The molecule has 0 aromatic carbocycles. The van der Waals surface area contributed by atoms with Gasteiger partial charge in [-0.2, -0.15) is 0 Å². The van der Waals surface area contributed by atoms with Crippen molar-refractivity contribution in [1.82, 2.24) is 0 Å². The summed E-state index contributed by atoms with van der Waals surface area (Å²) in [7, 11) is 1.54. The molecule has 0 spiro atoms. The molecule has 0 unspecified atom stereocenters. The summed E-state index contributed by atoms with van der Waals surface area (Å²) in [6, 6.07) is 0. The zero-order chi connectivity index (χ0) is 7.11. The van der Waals surface area contributed by atoms with Crippen LogP contribution in [0.15, 0.2) is 17.8 Å². The van der Waals surface area contributed by atoms with Gasteiger partial charge in [0.25, 0.3) is 0 Å². The van der Waals surface area contributed by atoms with E-state index in [9.17, 15) is 0 Å². The maximum Gasteiger partial charge on any atom is 0.110 e. The predicted molar refractivity (Wildman–Crippen MR) is 42.8 cm³/mol. The summed E-state index contributed by atoms with van der Waals surface area (Å²) in [5.41, 5.74) is 0. The Hall–Kier alpha value is -0.440. The molecule has 0 saturated heterocycles. The monoisotopic (exact) mass is 145 g/mol. The standard InChI is InChI=1S/C6H11NOS/c1-4-5-9-6(2)7-8-3/h4H,1,5H2,2-3H3. The van der Waals surface area contributed by atoms with Crippen molar-refractivity contribution in [2.45, 2.75) is 6.92 Å². The van der Waals surface area contributed by atoms with Gasteiger partial charge in [0.15, 0.2) is 0 Å². The predicted octanol–water partition coefficient (Wildman–Crippen LogP) is 1.89. The van der Waals surface area contributed by atoms with E-state index in [1.54, 1.807) is 11.8 Å². The molecule has 0 aromatic rings. The fourth-order valence-corrected chi connectivity index (χ4v) is 0.821. The van der Waals surface area contributed by atoms with E-state index in [4.69, 9.17) is 0 Å². The van der Waals surface area contributed by atoms with Gasteiger partial charge in [-0.1, -0.05) is 11.2 Å². The smallest absolute Gasteiger partial charge is 0.110 e. The summed E-state index contributed by atoms with van der Waals surface area (Å²) in [5, 5.41) is 4.62. The van der Waals surface area contributed by atoms with Crippen LogP contribution in [0.3, 0.4) is 0 Å². The highest BCUT2D eigenvalue weighted by atomic mass is 32.2. The minimum absolute atomic E-state index is 0.888. The SMILES string of the molecule is C=CCSC(C)=NOC. The molecule has 0 rings (SSSR count). The molecule has 3 heteroatoms. The average Bonchev–Trinajstić information content (AvgIpc) is 1.85. The Morgan fingerprint density at radius 2 is 2.56 bits per heavy atom. The number of oxime groups is 1. The first-order chi connectivity index (χ1) is 4.31. The Labute approximate surface area is 60.0 Å². The van der Waals surface area contributed by atoms with Crippen LogP contribution in [0.2, 0.25) is 0 Å². The highest BCUT2D eigenvalue weighted by molar-refractivity contribution is 8.13. The zero-order valence-corrected chi connectivity index (χ0v) is 6.57. The van der Waals surface area contributed by atoms with Gasteiger partial charge in [0.05, 0.1) is 0 Å². The Balaban J connectivity index is 3.36. The summed E-state index contributed by atoms with van der Waals surface area (Å²) < 4.78 is 0. The molecular weight excluding hydrogens is 134 g/mol. The minimum atomic E-state index is 0.888. The molecule has 0 amide bonds. The van der Waals surface area contributed by atoms with Crippen LogP contribution in [0.4, 0.5) is 0 Å². The second-order valence-corrected chi connectivity index (χ2v) is 2.61. The van der Waals surface area contributed by atoms with Crippen molar-refractivity contribution in [3.8, 4) is 0 Å². The van der Waals surface area contributed by atoms with Gasteiger partial charge in [0, 0.05) is 5.75 Å². The molecule has 0 fully saturated rings. The summed E-state index contributed by atoms with van der Waals surface area (Å²) >= 11 is 1.61. The molecule has 0 N–H and O–H groups in total. The normalized spacial score (nSPS) is 11.1. The molecular formula is C6H11NOS. The molecule has 0 radical (unpaired) electrons. The van der Waals surface area contributed by atoms with E-state index in [2.05, 4.69) is 16.6 Å². The molecule has 0 bridgehead atoms. The van der Waals surface area contributed by atoms with Crippen LogP contribution in [0.5, 0.6) is 0 Å². The van der Waals surface area contributed by atoms with Crippen LogP contribution in [0.1, 0.15) is 6.92 Å². The van der Waals surface area contributed by atoms with E-state index in [0.717, 1.165) is 10.8 Å². The third-order valence-electron chi connectivity index (χ3n) is 0.630. The van der Waals surface area contributed by atoms with Crippen molar-refractivity contribution in [2.75, 3.05) is 12.9 Å². The summed E-state index contributed by atoms with van der Waals surface area (Å²) in [6.45, 7) is 5.48. The maximum atomic E-state index is 4.53. The van der Waals surface area contributed by atoms with Crippen LogP contribution >= 0.6 is 11.8 Å². The Kier molecular flexibility index (Phi) is 5.41. The van der Waals surface area contributed by atoms with Crippen molar-refractivity contribution in [3.63, 3.8) is 0 Å². The van der Waals surface area contributed by atoms with E-state index < -0.39 is 0 Å². The van der Waals surface area contributed by atoms with Crippen LogP contribution in [-0.4, -0.2) is 17.9 Å². The van der Waals surface area contributed by atoms with Crippen LogP contribution in [0, 0.1) is 0 Å². The molecule has 0 aliphatic rings. The first kappa shape index (κ1) is 8.56. The first-order valence-electron chi connectivity index (χ1n) is 2.62. The lowest BCUT2D eigenvalue weighted by molar-refractivity contribution is 0.214. The second-order valence-electron chi connectivity index (χ2n) is 1.39. The summed E-state index contributed by atoms with van der Waals surface area (Å²) in [6.07, 6.45) is 1.83. The molecule has 0 saturated carbocycles. The third kappa shape index (κ3) is 5.43.